The molecule has 198 valence electrons. The van der Waals surface area contributed by atoms with Crippen LogP contribution in [0.15, 0.2) is 65.5 Å². The van der Waals surface area contributed by atoms with E-state index in [1.165, 1.54) is 12.1 Å². The highest BCUT2D eigenvalue weighted by Gasteiger charge is 2.19. The molecule has 0 saturated carbocycles. The molecule has 0 bridgehead atoms. The average molecular weight is 527 g/mol. The topological polar surface area (TPSA) is 98.2 Å². The SMILES string of the molecule is Cc1cc(C)c2cc(CN(Cc3ccc4c(c3)OCO4)Cc3nnnn3Cc3ccc(F)cc3)c(=O)[nH]c2c1. The third kappa shape index (κ3) is 5.37. The van der Waals surface area contributed by atoms with Crippen molar-refractivity contribution in [2.75, 3.05) is 6.79 Å². The number of fused-ring (bicyclic) bond motifs is 2. The molecule has 3 aromatic carbocycles. The van der Waals surface area contributed by atoms with Gasteiger partial charge in [-0.2, -0.15) is 0 Å². The third-order valence-electron chi connectivity index (χ3n) is 6.84. The van der Waals surface area contributed by atoms with Gasteiger partial charge in [-0.25, -0.2) is 9.07 Å². The van der Waals surface area contributed by atoms with Crippen molar-refractivity contribution < 1.29 is 13.9 Å². The van der Waals surface area contributed by atoms with E-state index in [0.29, 0.717) is 49.1 Å². The van der Waals surface area contributed by atoms with E-state index >= 15 is 0 Å². The number of nitrogens with zero attached hydrogens (tertiary/aromatic N) is 5. The number of H-pyrrole nitrogens is 1. The Kier molecular flexibility index (Phi) is 6.54. The number of pyridine rings is 1. The molecule has 1 N–H and O–H groups in total. The van der Waals surface area contributed by atoms with E-state index < -0.39 is 0 Å². The second-order valence-electron chi connectivity index (χ2n) is 9.88. The maximum absolute atomic E-state index is 13.4. The van der Waals surface area contributed by atoms with Gasteiger partial charge in [-0.1, -0.05) is 24.3 Å². The average Bonchev–Trinajstić information content (AvgIpc) is 3.55. The summed E-state index contributed by atoms with van der Waals surface area (Å²) in [6.45, 7) is 5.93. The van der Waals surface area contributed by atoms with Crippen molar-refractivity contribution in [3.8, 4) is 11.5 Å². The summed E-state index contributed by atoms with van der Waals surface area (Å²) in [7, 11) is 0. The van der Waals surface area contributed by atoms with Crippen LogP contribution in [0.3, 0.4) is 0 Å². The summed E-state index contributed by atoms with van der Waals surface area (Å²) < 4.78 is 26.1. The highest BCUT2D eigenvalue weighted by molar-refractivity contribution is 5.83. The zero-order chi connectivity index (χ0) is 26.9. The van der Waals surface area contributed by atoms with Crippen molar-refractivity contribution >= 4 is 10.9 Å². The first-order chi connectivity index (χ1) is 18.9. The monoisotopic (exact) mass is 526 g/mol. The molecule has 1 aliphatic rings. The number of hydrogen-bond acceptors (Lipinski definition) is 7. The Bertz CT molecular complexity index is 1710. The van der Waals surface area contributed by atoms with Crippen LogP contribution < -0.4 is 15.0 Å². The first kappa shape index (κ1) is 24.7. The van der Waals surface area contributed by atoms with Crippen molar-refractivity contribution in [1.29, 1.82) is 0 Å². The van der Waals surface area contributed by atoms with Crippen LogP contribution in [0, 0.1) is 19.7 Å². The number of aromatic nitrogens is 5. The normalized spacial score (nSPS) is 12.5. The molecular weight excluding hydrogens is 499 g/mol. The van der Waals surface area contributed by atoms with Crippen LogP contribution in [0.1, 0.15) is 33.6 Å². The Morgan fingerprint density at radius 2 is 1.74 bits per heavy atom. The third-order valence-corrected chi connectivity index (χ3v) is 6.84. The molecule has 3 heterocycles. The molecule has 0 atom stereocenters. The number of halogens is 1. The summed E-state index contributed by atoms with van der Waals surface area (Å²) in [6, 6.07) is 18.2. The number of rotatable bonds is 8. The lowest BCUT2D eigenvalue weighted by Crippen LogP contribution is -2.28. The van der Waals surface area contributed by atoms with Gasteiger partial charge in [0.05, 0.1) is 13.1 Å². The largest absolute Gasteiger partial charge is 0.454 e. The lowest BCUT2D eigenvalue weighted by molar-refractivity contribution is 0.174. The van der Waals surface area contributed by atoms with Crippen LogP contribution in [0.25, 0.3) is 10.9 Å². The number of benzene rings is 3. The zero-order valence-electron chi connectivity index (χ0n) is 21.6. The first-order valence-corrected chi connectivity index (χ1v) is 12.6. The summed E-state index contributed by atoms with van der Waals surface area (Å²) in [5, 5.41) is 13.3. The molecule has 0 fully saturated rings. The molecule has 39 heavy (non-hydrogen) atoms. The van der Waals surface area contributed by atoms with Crippen LogP contribution in [-0.4, -0.2) is 36.9 Å². The Morgan fingerprint density at radius 1 is 0.949 bits per heavy atom. The van der Waals surface area contributed by atoms with Gasteiger partial charge in [0.25, 0.3) is 5.56 Å². The molecule has 0 spiro atoms. The molecule has 1 aliphatic heterocycles. The summed E-state index contributed by atoms with van der Waals surface area (Å²) in [5.41, 5.74) is 5.42. The predicted molar refractivity (Wildman–Crippen MR) is 143 cm³/mol. The Labute approximate surface area is 223 Å². The van der Waals surface area contributed by atoms with E-state index in [1.54, 1.807) is 16.8 Å². The number of tetrazole rings is 1. The van der Waals surface area contributed by atoms with Gasteiger partial charge in [-0.3, -0.25) is 9.69 Å². The molecular formula is C29H27FN6O3. The van der Waals surface area contributed by atoms with Crippen molar-refractivity contribution in [2.24, 2.45) is 0 Å². The molecule has 0 radical (unpaired) electrons. The summed E-state index contributed by atoms with van der Waals surface area (Å²) >= 11 is 0. The van der Waals surface area contributed by atoms with Gasteiger partial charge in [0.15, 0.2) is 17.3 Å². The van der Waals surface area contributed by atoms with Gasteiger partial charge in [-0.15, -0.1) is 5.10 Å². The van der Waals surface area contributed by atoms with Crippen LogP contribution >= 0.6 is 0 Å². The van der Waals surface area contributed by atoms with Gasteiger partial charge in [0.2, 0.25) is 6.79 Å². The van der Waals surface area contributed by atoms with Crippen molar-refractivity contribution in [2.45, 2.75) is 40.0 Å². The van der Waals surface area contributed by atoms with Gasteiger partial charge in [-0.05, 0) is 82.9 Å². The lowest BCUT2D eigenvalue weighted by Gasteiger charge is -2.22. The molecule has 0 aliphatic carbocycles. The minimum Gasteiger partial charge on any atom is -0.454 e. The molecule has 6 rings (SSSR count). The van der Waals surface area contributed by atoms with Crippen molar-refractivity contribution in [3.63, 3.8) is 0 Å². The standard InChI is InChI=1S/C29H27FN6O3/c1-18-9-19(2)24-12-22(29(37)31-25(24)10-18)15-35(13-21-5-8-26-27(11-21)39-17-38-26)16-28-32-33-34-36(28)14-20-3-6-23(30)7-4-20/h3-12H,13-17H2,1-2H3,(H,31,37). The molecule has 9 nitrogen and oxygen atoms in total. The molecule has 0 amide bonds. The molecule has 10 heteroatoms. The van der Waals surface area contributed by atoms with E-state index in [1.807, 2.05) is 44.2 Å². The number of nitrogens with one attached hydrogen (secondary N) is 1. The molecule has 5 aromatic rings. The van der Waals surface area contributed by atoms with E-state index in [2.05, 4.69) is 31.5 Å². The van der Waals surface area contributed by atoms with Crippen LogP contribution in [-0.2, 0) is 26.2 Å². The van der Waals surface area contributed by atoms with Crippen LogP contribution in [0.4, 0.5) is 4.39 Å². The first-order valence-electron chi connectivity index (χ1n) is 12.6. The Morgan fingerprint density at radius 3 is 2.59 bits per heavy atom. The van der Waals surface area contributed by atoms with Crippen LogP contribution in [0.5, 0.6) is 11.5 Å². The van der Waals surface area contributed by atoms with Crippen molar-refractivity contribution in [1.82, 2.24) is 30.1 Å². The molecule has 0 unspecified atom stereocenters. The second-order valence-corrected chi connectivity index (χ2v) is 9.88. The summed E-state index contributed by atoms with van der Waals surface area (Å²) in [5.74, 6) is 1.74. The van der Waals surface area contributed by atoms with E-state index in [4.69, 9.17) is 9.47 Å². The summed E-state index contributed by atoms with van der Waals surface area (Å²) in [4.78, 5) is 18.3. The highest BCUT2D eigenvalue weighted by Crippen LogP contribution is 2.33. The van der Waals surface area contributed by atoms with Crippen LogP contribution in [0.2, 0.25) is 0 Å². The van der Waals surface area contributed by atoms with E-state index in [9.17, 15) is 9.18 Å². The van der Waals surface area contributed by atoms with Crippen molar-refractivity contribution in [3.05, 3.63) is 110 Å². The fourth-order valence-corrected chi connectivity index (χ4v) is 4.96. The molecule has 2 aromatic heterocycles. The highest BCUT2D eigenvalue weighted by atomic mass is 19.1. The minimum absolute atomic E-state index is 0.130. The predicted octanol–water partition coefficient (Wildman–Crippen LogP) is 4.25. The lowest BCUT2D eigenvalue weighted by atomic mass is 10.0. The smallest absolute Gasteiger partial charge is 0.252 e. The van der Waals surface area contributed by atoms with Gasteiger partial charge >= 0.3 is 0 Å². The fourth-order valence-electron chi connectivity index (χ4n) is 4.96. The van der Waals surface area contributed by atoms with Gasteiger partial charge in [0, 0.05) is 29.6 Å². The zero-order valence-corrected chi connectivity index (χ0v) is 21.6. The minimum atomic E-state index is -0.295. The van der Waals surface area contributed by atoms with Gasteiger partial charge < -0.3 is 14.5 Å². The summed E-state index contributed by atoms with van der Waals surface area (Å²) in [6.07, 6.45) is 0. The number of ether oxygens (including phenoxy) is 2. The van der Waals surface area contributed by atoms with E-state index in [0.717, 1.165) is 33.2 Å². The quantitative estimate of drug-likeness (QED) is 0.323. The Hall–Kier alpha value is -4.57. The van der Waals surface area contributed by atoms with Gasteiger partial charge in [0.1, 0.15) is 5.82 Å². The van der Waals surface area contributed by atoms with E-state index in [-0.39, 0.29) is 18.2 Å². The maximum Gasteiger partial charge on any atom is 0.252 e. The maximum atomic E-state index is 13.4. The second kappa shape index (κ2) is 10.3. The number of hydrogen-bond donors (Lipinski definition) is 1. The molecule has 0 saturated heterocycles. The number of aromatic amines is 1. The Balaban J connectivity index is 1.32. The number of aryl methyl sites for hydroxylation is 2. The fraction of sp³-hybridized carbons (Fsp3) is 0.241.